The molecule has 1 saturated carbocycles. The molecule has 0 amide bonds. The van der Waals surface area contributed by atoms with Gasteiger partial charge in [-0.1, -0.05) is 11.6 Å². The molecule has 2 aliphatic heterocycles. The van der Waals surface area contributed by atoms with Gasteiger partial charge in [0.25, 0.3) is 0 Å². The molecule has 8 heteroatoms. The second kappa shape index (κ2) is 5.33. The van der Waals surface area contributed by atoms with Crippen molar-refractivity contribution < 1.29 is 13.5 Å². The summed E-state index contributed by atoms with van der Waals surface area (Å²) in [6, 6.07) is 3.60. The van der Waals surface area contributed by atoms with Crippen molar-refractivity contribution in [1.29, 1.82) is 0 Å². The first kappa shape index (κ1) is 16.3. The van der Waals surface area contributed by atoms with Crippen molar-refractivity contribution in [3.63, 3.8) is 0 Å². The number of hydrogen-bond donors (Lipinski definition) is 0. The number of hydrogen-bond acceptors (Lipinski definition) is 5. The number of pyridine rings is 1. The van der Waals surface area contributed by atoms with Gasteiger partial charge in [-0.2, -0.15) is 8.78 Å². The zero-order chi connectivity index (χ0) is 18.1. The molecule has 1 aliphatic carbocycles. The van der Waals surface area contributed by atoms with E-state index in [1.54, 1.807) is 6.07 Å². The summed E-state index contributed by atoms with van der Waals surface area (Å²) in [7, 11) is 0. The molecule has 1 spiro atoms. The second-order valence-electron chi connectivity index (χ2n) is 7.49. The van der Waals surface area contributed by atoms with E-state index in [0.717, 1.165) is 31.0 Å². The molecule has 3 aliphatic rings. The highest BCUT2D eigenvalue weighted by atomic mass is 35.5. The molecule has 2 aromatic rings. The van der Waals surface area contributed by atoms with Crippen molar-refractivity contribution >= 4 is 23.1 Å². The van der Waals surface area contributed by atoms with Gasteiger partial charge in [0.05, 0.1) is 24.6 Å². The maximum absolute atomic E-state index is 14.0. The van der Waals surface area contributed by atoms with Gasteiger partial charge in [-0.3, -0.25) is 0 Å². The summed E-state index contributed by atoms with van der Waals surface area (Å²) in [5.74, 6) is -3.03. The second-order valence-corrected chi connectivity index (χ2v) is 7.88. The van der Waals surface area contributed by atoms with Crippen molar-refractivity contribution in [2.45, 2.75) is 37.0 Å². The van der Waals surface area contributed by atoms with Crippen LogP contribution in [0.5, 0.6) is 0 Å². The van der Waals surface area contributed by atoms with Crippen molar-refractivity contribution in [3.8, 4) is 0 Å². The first-order valence-corrected chi connectivity index (χ1v) is 9.02. The minimum atomic E-state index is -3.11. The predicted molar refractivity (Wildman–Crippen MR) is 92.3 cm³/mol. The van der Waals surface area contributed by atoms with Crippen LogP contribution in [-0.2, 0) is 16.1 Å². The highest BCUT2D eigenvalue weighted by Gasteiger charge is 2.52. The Balaban J connectivity index is 1.63. The molecule has 0 N–H and O–H groups in total. The smallest absolute Gasteiger partial charge is 0.303 e. The Morgan fingerprint density at radius 1 is 1.27 bits per heavy atom. The molecule has 4 heterocycles. The monoisotopic (exact) mass is 378 g/mol. The van der Waals surface area contributed by atoms with E-state index in [1.807, 2.05) is 17.2 Å². The molecule has 5 rings (SSSR count). The lowest BCUT2D eigenvalue weighted by Gasteiger charge is -2.28. The summed E-state index contributed by atoms with van der Waals surface area (Å²) in [5.41, 5.74) is 2.68. The first-order chi connectivity index (χ1) is 12.4. The Labute approximate surface area is 154 Å². The Morgan fingerprint density at radius 2 is 2.04 bits per heavy atom. The maximum Gasteiger partial charge on any atom is 0.303 e. The highest BCUT2D eigenvalue weighted by Crippen LogP contribution is 2.58. The van der Waals surface area contributed by atoms with E-state index < -0.39 is 11.7 Å². The lowest BCUT2D eigenvalue weighted by Crippen LogP contribution is -2.29. The lowest BCUT2D eigenvalue weighted by molar-refractivity contribution is -0.000769. The molecule has 0 atom stereocenters. The van der Waals surface area contributed by atoms with Gasteiger partial charge in [0.15, 0.2) is 0 Å². The third-order valence-corrected chi connectivity index (χ3v) is 5.69. The van der Waals surface area contributed by atoms with E-state index in [0.29, 0.717) is 36.4 Å². The Hall–Kier alpha value is -1.86. The lowest BCUT2D eigenvalue weighted by atomic mass is 10.0. The fourth-order valence-electron chi connectivity index (χ4n) is 3.71. The van der Waals surface area contributed by atoms with Crippen LogP contribution in [-0.4, -0.2) is 34.7 Å². The summed E-state index contributed by atoms with van der Waals surface area (Å²) in [6.45, 7) is 2.54. The number of anilines is 2. The van der Waals surface area contributed by atoms with Crippen molar-refractivity contribution in [2.75, 3.05) is 24.7 Å². The molecule has 2 aromatic heterocycles. The van der Waals surface area contributed by atoms with E-state index in [4.69, 9.17) is 16.3 Å². The minimum absolute atomic E-state index is 0.0378. The number of nitrogens with zero attached hydrogens (tertiary/aromatic N) is 4. The van der Waals surface area contributed by atoms with Gasteiger partial charge in [0, 0.05) is 42.6 Å². The number of halogens is 3. The predicted octanol–water partition coefficient (Wildman–Crippen LogP) is 3.93. The van der Waals surface area contributed by atoms with Crippen molar-refractivity contribution in [2.24, 2.45) is 0 Å². The van der Waals surface area contributed by atoms with Crippen molar-refractivity contribution in [3.05, 3.63) is 40.6 Å². The van der Waals surface area contributed by atoms with E-state index in [2.05, 4.69) is 15.0 Å². The van der Waals surface area contributed by atoms with Crippen LogP contribution in [0.4, 0.5) is 20.3 Å². The SMILES string of the molecule is CC(F)(F)c1nc(C2COC2)cc(N2CC3(CC3)c3cnc(Cl)cc32)n1. The number of aromatic nitrogens is 3. The van der Waals surface area contributed by atoms with Gasteiger partial charge in [0.2, 0.25) is 5.82 Å². The molecule has 1 saturated heterocycles. The van der Waals surface area contributed by atoms with Crippen LogP contribution in [0.25, 0.3) is 0 Å². The van der Waals surface area contributed by atoms with Crippen LogP contribution in [0.1, 0.15) is 42.8 Å². The average Bonchev–Trinajstić information content (AvgIpc) is 3.23. The van der Waals surface area contributed by atoms with E-state index in [9.17, 15) is 8.78 Å². The molecule has 136 valence electrons. The number of fused-ring (bicyclic) bond motifs is 2. The van der Waals surface area contributed by atoms with Gasteiger partial charge in [-0.25, -0.2) is 15.0 Å². The van der Waals surface area contributed by atoms with Crippen LogP contribution >= 0.6 is 11.6 Å². The normalized spacial score (nSPS) is 21.0. The Kier molecular flexibility index (Phi) is 3.35. The topological polar surface area (TPSA) is 51.1 Å². The first-order valence-electron chi connectivity index (χ1n) is 8.64. The van der Waals surface area contributed by atoms with Gasteiger partial charge < -0.3 is 9.64 Å². The van der Waals surface area contributed by atoms with Gasteiger partial charge in [0.1, 0.15) is 11.0 Å². The Bertz CT molecular complexity index is 893. The molecule has 0 aromatic carbocycles. The quantitative estimate of drug-likeness (QED) is 0.757. The van der Waals surface area contributed by atoms with E-state index in [-0.39, 0.29) is 11.3 Å². The van der Waals surface area contributed by atoms with Gasteiger partial charge >= 0.3 is 5.92 Å². The summed E-state index contributed by atoms with van der Waals surface area (Å²) >= 11 is 6.10. The number of ether oxygens (including phenoxy) is 1. The number of rotatable bonds is 3. The largest absolute Gasteiger partial charge is 0.380 e. The average molecular weight is 379 g/mol. The Morgan fingerprint density at radius 3 is 2.65 bits per heavy atom. The van der Waals surface area contributed by atoms with E-state index >= 15 is 0 Å². The summed E-state index contributed by atoms with van der Waals surface area (Å²) in [5, 5.41) is 0.383. The number of alkyl halides is 2. The fraction of sp³-hybridized carbons (Fsp3) is 0.500. The van der Waals surface area contributed by atoms with Crippen LogP contribution in [0, 0.1) is 0 Å². The van der Waals surface area contributed by atoms with Gasteiger partial charge in [-0.15, -0.1) is 0 Å². The zero-order valence-electron chi connectivity index (χ0n) is 14.2. The molecular weight excluding hydrogens is 362 g/mol. The third-order valence-electron chi connectivity index (χ3n) is 5.48. The highest BCUT2D eigenvalue weighted by molar-refractivity contribution is 6.29. The molecule has 26 heavy (non-hydrogen) atoms. The maximum atomic E-state index is 14.0. The van der Waals surface area contributed by atoms with Crippen LogP contribution in [0.15, 0.2) is 18.3 Å². The molecule has 0 unspecified atom stereocenters. The third kappa shape index (κ3) is 2.48. The van der Waals surface area contributed by atoms with E-state index in [1.165, 1.54) is 0 Å². The summed E-state index contributed by atoms with van der Waals surface area (Å²) in [6.07, 6.45) is 3.93. The fourth-order valence-corrected chi connectivity index (χ4v) is 3.86. The molecule has 0 bridgehead atoms. The molecular formula is C18H17ClF2N4O. The zero-order valence-corrected chi connectivity index (χ0v) is 14.9. The summed E-state index contributed by atoms with van der Waals surface area (Å²) in [4.78, 5) is 14.5. The van der Waals surface area contributed by atoms with Crippen LogP contribution in [0.3, 0.4) is 0 Å². The van der Waals surface area contributed by atoms with Crippen molar-refractivity contribution in [1.82, 2.24) is 15.0 Å². The molecule has 2 fully saturated rings. The minimum Gasteiger partial charge on any atom is -0.380 e. The standard InChI is InChI=1S/C18H17ClF2N4O/c1-17(20,21)16-23-12(10-7-26-8-10)4-15(24-16)25-9-18(2-3-18)11-6-22-14(19)5-13(11)25/h4-6,10H,2-3,7-9H2,1H3. The molecule has 5 nitrogen and oxygen atoms in total. The van der Waals surface area contributed by atoms with Gasteiger partial charge in [-0.05, 0) is 18.9 Å². The summed E-state index contributed by atoms with van der Waals surface area (Å²) < 4.78 is 33.2. The molecule has 0 radical (unpaired) electrons. The van der Waals surface area contributed by atoms with Crippen LogP contribution < -0.4 is 4.90 Å². The van der Waals surface area contributed by atoms with Crippen LogP contribution in [0.2, 0.25) is 5.15 Å².